The maximum Gasteiger partial charge on any atom is 0.0127 e. The lowest BCUT2D eigenvalue weighted by Crippen LogP contribution is -2.47. The number of hydrogen-bond acceptors (Lipinski definition) is 1. The fourth-order valence-corrected chi connectivity index (χ4v) is 1.82. The predicted molar refractivity (Wildman–Crippen MR) is 65.7 cm³/mol. The standard InChI is InChI=1S/C13H29N/c1-11(2)14(13(6,7)8)10-9-12(3,4)5/h11H,9-10H2,1-8H3. The lowest BCUT2D eigenvalue weighted by Gasteiger charge is -2.40. The van der Waals surface area contributed by atoms with Crippen LogP contribution in [0.2, 0.25) is 0 Å². The molecule has 0 atom stereocenters. The maximum absolute atomic E-state index is 2.58. The van der Waals surface area contributed by atoms with Gasteiger partial charge in [0.15, 0.2) is 0 Å². The highest BCUT2D eigenvalue weighted by Crippen LogP contribution is 2.23. The van der Waals surface area contributed by atoms with Crippen molar-refractivity contribution in [3.05, 3.63) is 0 Å². The van der Waals surface area contributed by atoms with Gasteiger partial charge in [0.2, 0.25) is 0 Å². The van der Waals surface area contributed by atoms with Crippen LogP contribution in [0.1, 0.15) is 61.8 Å². The first-order chi connectivity index (χ1) is 6.04. The smallest absolute Gasteiger partial charge is 0.0127 e. The van der Waals surface area contributed by atoms with Crippen LogP contribution in [-0.4, -0.2) is 23.0 Å². The summed E-state index contributed by atoms with van der Waals surface area (Å²) in [5.41, 5.74) is 0.734. The van der Waals surface area contributed by atoms with Crippen molar-refractivity contribution < 1.29 is 0 Å². The van der Waals surface area contributed by atoms with Crippen molar-refractivity contribution >= 4 is 0 Å². The summed E-state index contributed by atoms with van der Waals surface area (Å²) in [6.07, 6.45) is 1.27. The Kier molecular flexibility index (Phi) is 4.64. The molecule has 1 heteroatoms. The van der Waals surface area contributed by atoms with Crippen LogP contribution in [0, 0.1) is 5.41 Å². The quantitative estimate of drug-likeness (QED) is 0.665. The van der Waals surface area contributed by atoms with Crippen LogP contribution in [0.5, 0.6) is 0 Å². The Morgan fingerprint density at radius 1 is 0.929 bits per heavy atom. The van der Waals surface area contributed by atoms with Crippen LogP contribution in [0.3, 0.4) is 0 Å². The summed E-state index contributed by atoms with van der Waals surface area (Å²) in [7, 11) is 0. The van der Waals surface area contributed by atoms with Gasteiger partial charge in [0.05, 0.1) is 0 Å². The van der Waals surface area contributed by atoms with E-state index in [1.807, 2.05) is 0 Å². The molecule has 0 aromatic carbocycles. The molecule has 0 saturated heterocycles. The molecule has 0 fully saturated rings. The van der Waals surface area contributed by atoms with E-state index in [1.54, 1.807) is 0 Å². The summed E-state index contributed by atoms with van der Waals surface area (Å²) in [5.74, 6) is 0. The van der Waals surface area contributed by atoms with Crippen molar-refractivity contribution in [2.24, 2.45) is 5.41 Å². The van der Waals surface area contributed by atoms with E-state index in [0.717, 1.165) is 0 Å². The molecule has 86 valence electrons. The molecule has 0 aliphatic heterocycles. The zero-order valence-electron chi connectivity index (χ0n) is 11.4. The Morgan fingerprint density at radius 3 is 1.57 bits per heavy atom. The predicted octanol–water partition coefficient (Wildman–Crippen LogP) is 3.93. The first kappa shape index (κ1) is 14.0. The normalized spacial score (nSPS) is 14.1. The summed E-state index contributed by atoms with van der Waals surface area (Å²) >= 11 is 0. The Morgan fingerprint density at radius 2 is 1.36 bits per heavy atom. The third-order valence-electron chi connectivity index (χ3n) is 2.59. The highest BCUT2D eigenvalue weighted by Gasteiger charge is 2.25. The van der Waals surface area contributed by atoms with Gasteiger partial charge in [-0.05, 0) is 53.0 Å². The first-order valence-corrected chi connectivity index (χ1v) is 5.81. The van der Waals surface area contributed by atoms with E-state index in [-0.39, 0.29) is 0 Å². The lowest BCUT2D eigenvalue weighted by molar-refractivity contribution is 0.0846. The third kappa shape index (κ3) is 5.64. The average Bonchev–Trinajstić information content (AvgIpc) is 1.79. The van der Waals surface area contributed by atoms with E-state index in [0.29, 0.717) is 17.0 Å². The van der Waals surface area contributed by atoms with Gasteiger partial charge in [0.25, 0.3) is 0 Å². The largest absolute Gasteiger partial charge is 0.296 e. The third-order valence-corrected chi connectivity index (χ3v) is 2.59. The highest BCUT2D eigenvalue weighted by molar-refractivity contribution is 4.80. The van der Waals surface area contributed by atoms with Crippen LogP contribution in [0.4, 0.5) is 0 Å². The van der Waals surface area contributed by atoms with Crippen molar-refractivity contribution in [3.8, 4) is 0 Å². The van der Waals surface area contributed by atoms with Gasteiger partial charge in [-0.2, -0.15) is 0 Å². The number of rotatable bonds is 3. The molecule has 0 aromatic heterocycles. The minimum Gasteiger partial charge on any atom is -0.296 e. The zero-order chi connectivity index (χ0) is 11.6. The maximum atomic E-state index is 2.58. The van der Waals surface area contributed by atoms with Crippen LogP contribution >= 0.6 is 0 Å². The van der Waals surface area contributed by atoms with Crippen LogP contribution in [0.15, 0.2) is 0 Å². The molecular weight excluding hydrogens is 170 g/mol. The van der Waals surface area contributed by atoms with Crippen LogP contribution in [0.25, 0.3) is 0 Å². The summed E-state index contributed by atoms with van der Waals surface area (Å²) < 4.78 is 0. The molecule has 0 N–H and O–H groups in total. The summed E-state index contributed by atoms with van der Waals surface area (Å²) in [6, 6.07) is 0.636. The fraction of sp³-hybridized carbons (Fsp3) is 1.00. The van der Waals surface area contributed by atoms with E-state index >= 15 is 0 Å². The van der Waals surface area contributed by atoms with E-state index in [2.05, 4.69) is 60.3 Å². The topological polar surface area (TPSA) is 3.24 Å². The highest BCUT2D eigenvalue weighted by atomic mass is 15.2. The minimum atomic E-state index is 0.291. The van der Waals surface area contributed by atoms with Gasteiger partial charge in [-0.3, -0.25) is 4.90 Å². The van der Waals surface area contributed by atoms with E-state index in [1.165, 1.54) is 13.0 Å². The Bertz CT molecular complexity index is 157. The second-order valence-electron chi connectivity index (χ2n) is 6.77. The van der Waals surface area contributed by atoms with Gasteiger partial charge in [0, 0.05) is 11.6 Å². The van der Waals surface area contributed by atoms with Crippen LogP contribution < -0.4 is 0 Å². The van der Waals surface area contributed by atoms with Gasteiger partial charge >= 0.3 is 0 Å². The molecule has 0 radical (unpaired) electrons. The first-order valence-electron chi connectivity index (χ1n) is 5.81. The molecule has 0 amide bonds. The van der Waals surface area contributed by atoms with Crippen molar-refractivity contribution in [2.75, 3.05) is 6.54 Å². The van der Waals surface area contributed by atoms with Crippen LogP contribution in [-0.2, 0) is 0 Å². The summed E-state index contributed by atoms with van der Waals surface area (Å²) in [6.45, 7) is 19.6. The lowest BCUT2D eigenvalue weighted by atomic mass is 9.90. The molecule has 0 bridgehead atoms. The summed E-state index contributed by atoms with van der Waals surface area (Å²) in [4.78, 5) is 2.58. The van der Waals surface area contributed by atoms with Crippen molar-refractivity contribution in [1.29, 1.82) is 0 Å². The summed E-state index contributed by atoms with van der Waals surface area (Å²) in [5, 5.41) is 0. The van der Waals surface area contributed by atoms with E-state index in [9.17, 15) is 0 Å². The molecule has 0 rings (SSSR count). The van der Waals surface area contributed by atoms with Gasteiger partial charge in [-0.25, -0.2) is 0 Å². The molecule has 0 aromatic rings. The molecule has 0 heterocycles. The molecule has 1 nitrogen and oxygen atoms in total. The molecule has 0 saturated carbocycles. The van der Waals surface area contributed by atoms with Crippen molar-refractivity contribution in [2.45, 2.75) is 73.4 Å². The SMILES string of the molecule is CC(C)N(CCC(C)(C)C)C(C)(C)C. The molecular formula is C13H29N. The molecule has 14 heavy (non-hydrogen) atoms. The Hall–Kier alpha value is -0.0400. The van der Waals surface area contributed by atoms with Gasteiger partial charge < -0.3 is 0 Å². The zero-order valence-corrected chi connectivity index (χ0v) is 11.4. The van der Waals surface area contributed by atoms with E-state index in [4.69, 9.17) is 0 Å². The molecule has 0 aliphatic carbocycles. The number of nitrogens with zero attached hydrogens (tertiary/aromatic N) is 1. The second kappa shape index (κ2) is 4.65. The monoisotopic (exact) mass is 199 g/mol. The molecule has 0 aliphatic rings. The van der Waals surface area contributed by atoms with Gasteiger partial charge in [-0.15, -0.1) is 0 Å². The average molecular weight is 199 g/mol. The fourth-order valence-electron chi connectivity index (χ4n) is 1.82. The molecule has 0 unspecified atom stereocenters. The Balaban J connectivity index is 4.27. The van der Waals surface area contributed by atoms with E-state index < -0.39 is 0 Å². The van der Waals surface area contributed by atoms with Gasteiger partial charge in [0.1, 0.15) is 0 Å². The van der Waals surface area contributed by atoms with Gasteiger partial charge in [-0.1, -0.05) is 20.8 Å². The minimum absolute atomic E-state index is 0.291. The van der Waals surface area contributed by atoms with Crippen molar-refractivity contribution in [1.82, 2.24) is 4.90 Å². The second-order valence-corrected chi connectivity index (χ2v) is 6.77. The van der Waals surface area contributed by atoms with Crippen molar-refractivity contribution in [3.63, 3.8) is 0 Å². The molecule has 0 spiro atoms. The Labute approximate surface area is 90.9 Å². The number of hydrogen-bond donors (Lipinski definition) is 0.